The van der Waals surface area contributed by atoms with E-state index in [0.717, 1.165) is 16.5 Å². The van der Waals surface area contributed by atoms with Crippen molar-refractivity contribution in [3.8, 4) is 5.75 Å². The topological polar surface area (TPSA) is 58.6 Å². The summed E-state index contributed by atoms with van der Waals surface area (Å²) < 4.78 is 6.50. The van der Waals surface area contributed by atoms with Crippen molar-refractivity contribution in [2.75, 3.05) is 26.0 Å². The van der Waals surface area contributed by atoms with Crippen LogP contribution in [0.15, 0.2) is 46.9 Å². The second-order valence-electron chi connectivity index (χ2n) is 7.32. The standard InChI is InChI=1S/C23H29BrN2O3/c1-5-16(2)18-9-12-21(20(24)14-18)29-15-22(27)25-19-10-6-17(7-11-19)8-13-23(28)26(3)4/h6-7,9-12,14,16H,5,8,13,15H2,1-4H3,(H,25,27). The van der Waals surface area contributed by atoms with Crippen LogP contribution in [0.1, 0.15) is 43.7 Å². The molecule has 0 aromatic heterocycles. The Kier molecular flexibility index (Phi) is 8.70. The molecule has 0 spiro atoms. The molecule has 1 unspecified atom stereocenters. The van der Waals surface area contributed by atoms with Crippen LogP contribution >= 0.6 is 15.9 Å². The van der Waals surface area contributed by atoms with E-state index in [-0.39, 0.29) is 18.4 Å². The summed E-state index contributed by atoms with van der Waals surface area (Å²) in [5.74, 6) is 1.00. The van der Waals surface area contributed by atoms with Crippen molar-refractivity contribution in [2.45, 2.75) is 39.0 Å². The van der Waals surface area contributed by atoms with Gasteiger partial charge < -0.3 is 15.0 Å². The Hall–Kier alpha value is -2.34. The number of hydrogen-bond acceptors (Lipinski definition) is 3. The first kappa shape index (κ1) is 22.9. The van der Waals surface area contributed by atoms with Crippen molar-refractivity contribution < 1.29 is 14.3 Å². The lowest BCUT2D eigenvalue weighted by Gasteiger charge is -2.13. The molecule has 0 aliphatic carbocycles. The molecule has 0 aliphatic rings. The Morgan fingerprint density at radius 1 is 1.14 bits per heavy atom. The quantitative estimate of drug-likeness (QED) is 0.572. The number of hydrogen-bond donors (Lipinski definition) is 1. The Labute approximate surface area is 181 Å². The summed E-state index contributed by atoms with van der Waals surface area (Å²) in [6, 6.07) is 13.5. The number of anilines is 1. The summed E-state index contributed by atoms with van der Waals surface area (Å²) >= 11 is 3.52. The average molecular weight is 461 g/mol. The fraction of sp³-hybridized carbons (Fsp3) is 0.391. The summed E-state index contributed by atoms with van der Waals surface area (Å²) in [6.07, 6.45) is 2.21. The highest BCUT2D eigenvalue weighted by Crippen LogP contribution is 2.30. The molecular formula is C23H29BrN2O3. The molecule has 2 aromatic carbocycles. The van der Waals surface area contributed by atoms with E-state index in [4.69, 9.17) is 4.74 Å². The summed E-state index contributed by atoms with van der Waals surface area (Å²) in [5.41, 5.74) is 3.00. The number of carbonyl (C=O) groups excluding carboxylic acids is 2. The minimum Gasteiger partial charge on any atom is -0.483 e. The first-order valence-electron chi connectivity index (χ1n) is 9.81. The molecule has 0 radical (unpaired) electrons. The van der Waals surface area contributed by atoms with E-state index in [1.54, 1.807) is 19.0 Å². The number of ether oxygens (including phenoxy) is 1. The number of benzene rings is 2. The van der Waals surface area contributed by atoms with Crippen molar-refractivity contribution in [1.29, 1.82) is 0 Å². The van der Waals surface area contributed by atoms with Gasteiger partial charge in [0.05, 0.1) is 4.47 Å². The summed E-state index contributed by atoms with van der Waals surface area (Å²) in [5, 5.41) is 2.83. The van der Waals surface area contributed by atoms with Gasteiger partial charge in [-0.3, -0.25) is 9.59 Å². The zero-order valence-electron chi connectivity index (χ0n) is 17.5. The van der Waals surface area contributed by atoms with Crippen LogP contribution in [-0.4, -0.2) is 37.4 Å². The molecule has 1 atom stereocenters. The van der Waals surface area contributed by atoms with Gasteiger partial charge in [-0.25, -0.2) is 0 Å². The fourth-order valence-corrected chi connectivity index (χ4v) is 3.26. The van der Waals surface area contributed by atoms with Gasteiger partial charge in [0.1, 0.15) is 5.75 Å². The smallest absolute Gasteiger partial charge is 0.262 e. The van der Waals surface area contributed by atoms with Crippen LogP contribution in [-0.2, 0) is 16.0 Å². The SMILES string of the molecule is CCC(C)c1ccc(OCC(=O)Nc2ccc(CCC(=O)N(C)C)cc2)c(Br)c1. The third-order valence-electron chi connectivity index (χ3n) is 4.86. The molecule has 2 amide bonds. The van der Waals surface area contributed by atoms with Gasteiger partial charge in [-0.15, -0.1) is 0 Å². The van der Waals surface area contributed by atoms with Crippen molar-refractivity contribution in [1.82, 2.24) is 4.90 Å². The van der Waals surface area contributed by atoms with E-state index in [1.807, 2.05) is 42.5 Å². The molecule has 6 heteroatoms. The number of aryl methyl sites for hydroxylation is 1. The number of halogens is 1. The van der Waals surface area contributed by atoms with E-state index in [1.165, 1.54) is 5.56 Å². The number of nitrogens with zero attached hydrogens (tertiary/aromatic N) is 1. The Balaban J connectivity index is 1.84. The maximum absolute atomic E-state index is 12.2. The second kappa shape index (κ2) is 11.0. The van der Waals surface area contributed by atoms with E-state index < -0.39 is 0 Å². The molecule has 2 rings (SSSR count). The van der Waals surface area contributed by atoms with E-state index >= 15 is 0 Å². The van der Waals surface area contributed by atoms with Crippen molar-refractivity contribution in [3.63, 3.8) is 0 Å². The zero-order chi connectivity index (χ0) is 21.4. The number of carbonyl (C=O) groups is 2. The van der Waals surface area contributed by atoms with Crippen LogP contribution in [0, 0.1) is 0 Å². The predicted molar refractivity (Wildman–Crippen MR) is 120 cm³/mol. The molecule has 156 valence electrons. The summed E-state index contributed by atoms with van der Waals surface area (Å²) in [4.78, 5) is 25.4. The lowest BCUT2D eigenvalue weighted by Crippen LogP contribution is -2.21. The highest BCUT2D eigenvalue weighted by molar-refractivity contribution is 9.10. The van der Waals surface area contributed by atoms with Crippen LogP contribution in [0.25, 0.3) is 0 Å². The van der Waals surface area contributed by atoms with Gasteiger partial charge >= 0.3 is 0 Å². The number of rotatable bonds is 9. The van der Waals surface area contributed by atoms with Crippen LogP contribution in [0.4, 0.5) is 5.69 Å². The third kappa shape index (κ3) is 7.20. The Bertz CT molecular complexity index is 835. The second-order valence-corrected chi connectivity index (χ2v) is 8.18. The molecular weight excluding hydrogens is 432 g/mol. The minimum atomic E-state index is -0.224. The van der Waals surface area contributed by atoms with Gasteiger partial charge in [-0.2, -0.15) is 0 Å². The maximum atomic E-state index is 12.2. The largest absolute Gasteiger partial charge is 0.483 e. The van der Waals surface area contributed by atoms with Crippen LogP contribution in [0.5, 0.6) is 5.75 Å². The number of nitrogens with one attached hydrogen (secondary N) is 1. The highest BCUT2D eigenvalue weighted by Gasteiger charge is 2.10. The normalized spacial score (nSPS) is 11.6. The van der Waals surface area contributed by atoms with E-state index in [0.29, 0.717) is 30.2 Å². The molecule has 0 heterocycles. The molecule has 0 aliphatic heterocycles. The molecule has 5 nitrogen and oxygen atoms in total. The summed E-state index contributed by atoms with van der Waals surface area (Å²) in [6.45, 7) is 4.27. The highest BCUT2D eigenvalue weighted by atomic mass is 79.9. The lowest BCUT2D eigenvalue weighted by atomic mass is 9.99. The molecule has 0 saturated carbocycles. The van der Waals surface area contributed by atoms with Gasteiger partial charge in [-0.05, 0) is 70.1 Å². The van der Waals surface area contributed by atoms with Gasteiger partial charge in [0.25, 0.3) is 5.91 Å². The van der Waals surface area contributed by atoms with Crippen LogP contribution in [0.3, 0.4) is 0 Å². The zero-order valence-corrected chi connectivity index (χ0v) is 19.1. The molecule has 0 saturated heterocycles. The monoisotopic (exact) mass is 460 g/mol. The van der Waals surface area contributed by atoms with E-state index in [2.05, 4.69) is 35.1 Å². The fourth-order valence-electron chi connectivity index (χ4n) is 2.75. The molecule has 1 N–H and O–H groups in total. The van der Waals surface area contributed by atoms with Crippen molar-refractivity contribution in [2.24, 2.45) is 0 Å². The molecule has 2 aromatic rings. The lowest BCUT2D eigenvalue weighted by molar-refractivity contribution is -0.128. The Morgan fingerprint density at radius 2 is 1.83 bits per heavy atom. The van der Waals surface area contributed by atoms with Gasteiger partial charge in [0, 0.05) is 26.2 Å². The number of amides is 2. The maximum Gasteiger partial charge on any atom is 0.262 e. The third-order valence-corrected chi connectivity index (χ3v) is 5.48. The van der Waals surface area contributed by atoms with Gasteiger partial charge in [-0.1, -0.05) is 32.0 Å². The summed E-state index contributed by atoms with van der Waals surface area (Å²) in [7, 11) is 3.50. The van der Waals surface area contributed by atoms with Gasteiger partial charge in [0.15, 0.2) is 6.61 Å². The van der Waals surface area contributed by atoms with Gasteiger partial charge in [0.2, 0.25) is 5.91 Å². The molecule has 0 fully saturated rings. The van der Waals surface area contributed by atoms with Crippen molar-refractivity contribution >= 4 is 33.4 Å². The van der Waals surface area contributed by atoms with Crippen LogP contribution in [0.2, 0.25) is 0 Å². The average Bonchev–Trinajstić information content (AvgIpc) is 2.71. The van der Waals surface area contributed by atoms with Crippen molar-refractivity contribution in [3.05, 3.63) is 58.1 Å². The first-order chi connectivity index (χ1) is 13.8. The predicted octanol–water partition coefficient (Wildman–Crippen LogP) is 5.00. The molecule has 29 heavy (non-hydrogen) atoms. The first-order valence-corrected chi connectivity index (χ1v) is 10.6. The van der Waals surface area contributed by atoms with Crippen LogP contribution < -0.4 is 10.1 Å². The Morgan fingerprint density at radius 3 is 2.41 bits per heavy atom. The molecule has 0 bridgehead atoms. The van der Waals surface area contributed by atoms with E-state index in [9.17, 15) is 9.59 Å². The minimum absolute atomic E-state index is 0.0691.